The van der Waals surface area contributed by atoms with Crippen molar-refractivity contribution in [3.8, 4) is 11.9 Å². The molecule has 3 aromatic rings. The molecular weight excluding hydrogens is 400 g/mol. The molecule has 1 aromatic carbocycles. The lowest BCUT2D eigenvalue weighted by molar-refractivity contribution is 0.0156. The first-order chi connectivity index (χ1) is 15.3. The van der Waals surface area contributed by atoms with E-state index in [1.54, 1.807) is 6.33 Å². The second-order valence-corrected chi connectivity index (χ2v) is 10.5. The van der Waals surface area contributed by atoms with Gasteiger partial charge in [0.1, 0.15) is 12.1 Å². The monoisotopic (exact) mass is 428 g/mol. The van der Waals surface area contributed by atoms with Crippen molar-refractivity contribution in [2.24, 2.45) is 11.3 Å². The van der Waals surface area contributed by atoms with Crippen LogP contribution in [0, 0.1) is 22.7 Å². The van der Waals surface area contributed by atoms with Crippen LogP contribution in [-0.2, 0) is 5.41 Å². The van der Waals surface area contributed by atoms with E-state index < -0.39 is 5.60 Å². The number of aromatic nitrogens is 4. The second kappa shape index (κ2) is 6.29. The summed E-state index contributed by atoms with van der Waals surface area (Å²) in [5, 5.41) is 26.1. The van der Waals surface area contributed by atoms with E-state index in [1.165, 1.54) is 0 Å². The van der Waals surface area contributed by atoms with Crippen LogP contribution < -0.4 is 4.90 Å². The third kappa shape index (κ3) is 2.65. The quantitative estimate of drug-likeness (QED) is 0.681. The van der Waals surface area contributed by atoms with Gasteiger partial charge in [0.15, 0.2) is 5.82 Å². The summed E-state index contributed by atoms with van der Waals surface area (Å²) in [6.07, 6.45) is 7.66. The van der Waals surface area contributed by atoms with Crippen LogP contribution in [0.4, 0.5) is 5.82 Å². The zero-order chi connectivity index (χ0) is 22.3. The molecule has 2 aromatic heterocycles. The molecule has 2 aliphatic carbocycles. The summed E-state index contributed by atoms with van der Waals surface area (Å²) in [5.41, 5.74) is 1.24. The molecule has 1 aliphatic heterocycles. The number of hydrogen-bond acceptors (Lipinski definition) is 6. The molecule has 32 heavy (non-hydrogen) atoms. The Balaban J connectivity index is 1.37. The number of benzene rings is 1. The highest BCUT2D eigenvalue weighted by Crippen LogP contribution is 2.78. The van der Waals surface area contributed by atoms with Crippen LogP contribution in [0.1, 0.15) is 52.0 Å². The molecule has 2 saturated carbocycles. The Morgan fingerprint density at radius 3 is 2.62 bits per heavy atom. The second-order valence-electron chi connectivity index (χ2n) is 10.5. The number of nitriles is 1. The zero-order valence-electron chi connectivity index (χ0n) is 18.8. The molecule has 3 atom stereocenters. The summed E-state index contributed by atoms with van der Waals surface area (Å²) in [6, 6.07) is 11.1. The molecule has 1 spiro atoms. The first-order valence-corrected chi connectivity index (χ1v) is 11.5. The Hall–Kier alpha value is -2.98. The van der Waals surface area contributed by atoms with E-state index in [0.29, 0.717) is 5.82 Å². The third-order valence-corrected chi connectivity index (χ3v) is 8.30. The van der Waals surface area contributed by atoms with Crippen molar-refractivity contribution in [2.45, 2.75) is 63.5 Å². The highest BCUT2D eigenvalue weighted by molar-refractivity contribution is 5.82. The van der Waals surface area contributed by atoms with E-state index in [4.69, 9.17) is 0 Å². The predicted molar refractivity (Wildman–Crippen MR) is 121 cm³/mol. The summed E-state index contributed by atoms with van der Waals surface area (Å²) in [4.78, 5) is 11.3. The Morgan fingerprint density at radius 1 is 1.19 bits per heavy atom. The summed E-state index contributed by atoms with van der Waals surface area (Å²) < 4.78 is 1.85. The van der Waals surface area contributed by atoms with E-state index in [9.17, 15) is 10.4 Å². The van der Waals surface area contributed by atoms with Crippen LogP contribution in [0.25, 0.3) is 16.7 Å². The molecular formula is C25H28N6O. The van der Waals surface area contributed by atoms with Gasteiger partial charge in [-0.2, -0.15) is 10.4 Å². The summed E-state index contributed by atoms with van der Waals surface area (Å²) in [6.45, 7) is 6.77. The van der Waals surface area contributed by atoms with Gasteiger partial charge in [-0.25, -0.2) is 14.6 Å². The van der Waals surface area contributed by atoms with Gasteiger partial charge < -0.3 is 10.0 Å². The molecule has 7 nitrogen and oxygen atoms in total. The fraction of sp³-hybridized carbons (Fsp3) is 0.520. The fourth-order valence-corrected chi connectivity index (χ4v) is 6.13. The van der Waals surface area contributed by atoms with Crippen LogP contribution >= 0.6 is 0 Å². The lowest BCUT2D eigenvalue weighted by Crippen LogP contribution is -2.40. The lowest BCUT2D eigenvalue weighted by atomic mass is 9.85. The van der Waals surface area contributed by atoms with Crippen LogP contribution in [0.5, 0.6) is 0 Å². The van der Waals surface area contributed by atoms with Gasteiger partial charge >= 0.3 is 0 Å². The number of anilines is 1. The minimum atomic E-state index is -0.725. The molecule has 7 heteroatoms. The Morgan fingerprint density at radius 2 is 1.97 bits per heavy atom. The van der Waals surface area contributed by atoms with Crippen molar-refractivity contribution in [3.63, 3.8) is 0 Å². The van der Waals surface area contributed by atoms with Crippen LogP contribution in [-0.4, -0.2) is 43.0 Å². The predicted octanol–water partition coefficient (Wildman–Crippen LogP) is 3.75. The van der Waals surface area contributed by atoms with Crippen molar-refractivity contribution >= 4 is 16.7 Å². The van der Waals surface area contributed by atoms with Gasteiger partial charge in [-0.05, 0) is 63.5 Å². The average molecular weight is 429 g/mol. The summed E-state index contributed by atoms with van der Waals surface area (Å²) >= 11 is 0. The molecule has 0 bridgehead atoms. The zero-order valence-corrected chi connectivity index (χ0v) is 18.8. The first-order valence-electron chi connectivity index (χ1n) is 11.5. The van der Waals surface area contributed by atoms with Crippen molar-refractivity contribution in [1.82, 2.24) is 19.7 Å². The van der Waals surface area contributed by atoms with E-state index in [0.717, 1.165) is 54.5 Å². The van der Waals surface area contributed by atoms with Crippen LogP contribution in [0.2, 0.25) is 0 Å². The normalized spacial score (nSPS) is 28.3. The molecule has 6 rings (SSSR count). The summed E-state index contributed by atoms with van der Waals surface area (Å²) in [5.74, 6) is 1.75. The number of fused-ring (bicyclic) bond motifs is 1. The van der Waals surface area contributed by atoms with Gasteiger partial charge in [0.25, 0.3) is 0 Å². The first kappa shape index (κ1) is 19.7. The molecule has 0 unspecified atom stereocenters. The van der Waals surface area contributed by atoms with Crippen molar-refractivity contribution in [3.05, 3.63) is 42.4 Å². The number of hydrogen-bond donors (Lipinski definition) is 1. The maximum Gasteiger partial charge on any atom is 0.159 e. The van der Waals surface area contributed by atoms with Gasteiger partial charge in [-0.3, -0.25) is 0 Å². The third-order valence-electron chi connectivity index (χ3n) is 8.30. The van der Waals surface area contributed by atoms with E-state index in [2.05, 4.69) is 51.2 Å². The largest absolute Gasteiger partial charge is 0.390 e. The van der Waals surface area contributed by atoms with Gasteiger partial charge in [0.2, 0.25) is 0 Å². The van der Waals surface area contributed by atoms with E-state index in [-0.39, 0.29) is 22.8 Å². The average Bonchev–Trinajstić information content (AvgIpc) is 3.57. The highest BCUT2D eigenvalue weighted by Gasteiger charge is 2.75. The molecule has 0 radical (unpaired) electrons. The number of rotatable bonds is 4. The van der Waals surface area contributed by atoms with E-state index in [1.807, 2.05) is 30.8 Å². The van der Waals surface area contributed by atoms with Gasteiger partial charge in [-0.1, -0.05) is 12.1 Å². The van der Waals surface area contributed by atoms with Crippen LogP contribution in [0.15, 0.2) is 36.8 Å². The van der Waals surface area contributed by atoms with Gasteiger partial charge in [0, 0.05) is 30.0 Å². The maximum absolute atomic E-state index is 10.5. The van der Waals surface area contributed by atoms with Crippen molar-refractivity contribution in [1.29, 1.82) is 5.26 Å². The Labute approximate surface area is 187 Å². The SMILES string of the molecule is C[C@@H]1[C@@H](C(C)(C)O)CCN1c1cc(-n2ncc3ccc([C@]4(C#N)CC45CC5)cc32)ncn1. The van der Waals surface area contributed by atoms with Crippen molar-refractivity contribution < 1.29 is 5.11 Å². The van der Waals surface area contributed by atoms with Crippen molar-refractivity contribution in [2.75, 3.05) is 11.4 Å². The fourth-order valence-electron chi connectivity index (χ4n) is 6.13. The molecule has 1 N–H and O–H groups in total. The Bertz CT molecular complexity index is 1260. The minimum Gasteiger partial charge on any atom is -0.390 e. The number of nitrogens with zero attached hydrogens (tertiary/aromatic N) is 6. The lowest BCUT2D eigenvalue weighted by Gasteiger charge is -2.32. The molecule has 0 amide bonds. The Kier molecular flexibility index (Phi) is 3.87. The maximum atomic E-state index is 10.5. The molecule has 164 valence electrons. The topological polar surface area (TPSA) is 90.9 Å². The summed E-state index contributed by atoms with van der Waals surface area (Å²) in [7, 11) is 0. The molecule has 3 heterocycles. The molecule has 1 saturated heterocycles. The minimum absolute atomic E-state index is 0.179. The number of aliphatic hydroxyl groups is 1. The highest BCUT2D eigenvalue weighted by atomic mass is 16.3. The standard InChI is InChI=1S/C25H28N6O/c1-16-19(23(2,3)32)6-9-30(16)21-11-22(28-15-27-21)31-20-10-18(5-4-17(20)12-29-31)25(14-26)13-24(25)7-8-24/h4-5,10-12,15-16,19,32H,6-9,13H2,1-3H3/t16-,19+,25-/m1/s1. The van der Waals surface area contributed by atoms with Crippen LogP contribution in [0.3, 0.4) is 0 Å². The van der Waals surface area contributed by atoms with E-state index >= 15 is 0 Å². The molecule has 3 fully saturated rings. The molecule has 3 aliphatic rings. The van der Waals surface area contributed by atoms with Gasteiger partial charge in [0.05, 0.1) is 28.8 Å². The smallest absolute Gasteiger partial charge is 0.159 e. The van der Waals surface area contributed by atoms with Gasteiger partial charge in [-0.15, -0.1) is 0 Å².